The summed E-state index contributed by atoms with van der Waals surface area (Å²) < 4.78 is 16.0. The molecule has 1 aromatic rings. The maximum atomic E-state index is 11.4. The van der Waals surface area contributed by atoms with E-state index in [4.69, 9.17) is 14.2 Å². The second-order valence-corrected chi connectivity index (χ2v) is 4.90. The first-order valence-corrected chi connectivity index (χ1v) is 7.41. The zero-order valence-electron chi connectivity index (χ0n) is 12.6. The van der Waals surface area contributed by atoms with Crippen LogP contribution in [-0.4, -0.2) is 31.9 Å². The van der Waals surface area contributed by atoms with Crippen LogP contribution in [0, 0.1) is 0 Å². The Balaban J connectivity index is 2.07. The molecule has 1 aliphatic heterocycles. The van der Waals surface area contributed by atoms with E-state index in [1.807, 2.05) is 24.3 Å². The fraction of sp³-hybridized carbons (Fsp3) is 0.471. The predicted octanol–water partition coefficient (Wildman–Crippen LogP) is 3.13. The highest BCUT2D eigenvalue weighted by Gasteiger charge is 2.24. The number of ether oxygens (including phenoxy) is 3. The van der Waals surface area contributed by atoms with E-state index < -0.39 is 0 Å². The maximum Gasteiger partial charge on any atom is 0.330 e. The molecule has 0 N–H and O–H groups in total. The highest BCUT2D eigenvalue weighted by molar-refractivity contribution is 5.87. The van der Waals surface area contributed by atoms with Crippen molar-refractivity contribution in [1.82, 2.24) is 0 Å². The number of carbonyl (C=O) groups is 1. The van der Waals surface area contributed by atoms with Gasteiger partial charge in [0.2, 0.25) is 0 Å². The van der Waals surface area contributed by atoms with E-state index in [0.29, 0.717) is 13.2 Å². The van der Waals surface area contributed by atoms with Gasteiger partial charge in [0, 0.05) is 6.08 Å². The Hall–Kier alpha value is -1.65. The summed E-state index contributed by atoms with van der Waals surface area (Å²) in [6.07, 6.45) is 4.38. The Bertz CT molecular complexity index is 491. The summed E-state index contributed by atoms with van der Waals surface area (Å²) in [6.45, 7) is 5.67. The van der Waals surface area contributed by atoms with Crippen molar-refractivity contribution in [2.45, 2.75) is 32.5 Å². The van der Waals surface area contributed by atoms with Crippen LogP contribution in [0.5, 0.6) is 0 Å². The largest absolute Gasteiger partial charge is 0.463 e. The predicted molar refractivity (Wildman–Crippen MR) is 80.8 cm³/mol. The first kappa shape index (κ1) is 15.7. The number of benzene rings is 1. The van der Waals surface area contributed by atoms with Crippen molar-refractivity contribution >= 4 is 12.0 Å². The van der Waals surface area contributed by atoms with Crippen molar-refractivity contribution in [3.8, 4) is 0 Å². The molecule has 1 aromatic carbocycles. The molecule has 0 radical (unpaired) electrons. The molecule has 0 aliphatic carbocycles. The Kier molecular flexibility index (Phi) is 5.96. The molecular weight excluding hydrogens is 268 g/mol. The van der Waals surface area contributed by atoms with Gasteiger partial charge in [0.05, 0.1) is 25.9 Å². The zero-order valence-corrected chi connectivity index (χ0v) is 12.6. The second kappa shape index (κ2) is 7.96. The lowest BCUT2D eigenvalue weighted by atomic mass is 10.00. The van der Waals surface area contributed by atoms with Gasteiger partial charge in [0.25, 0.3) is 0 Å². The number of hydrogen-bond acceptors (Lipinski definition) is 4. The summed E-state index contributed by atoms with van der Waals surface area (Å²) >= 11 is 0. The summed E-state index contributed by atoms with van der Waals surface area (Å²) in [4.78, 5) is 11.4. The molecule has 4 nitrogen and oxygen atoms in total. The van der Waals surface area contributed by atoms with E-state index in [9.17, 15) is 4.79 Å². The minimum absolute atomic E-state index is 0.0113. The van der Waals surface area contributed by atoms with Crippen LogP contribution >= 0.6 is 0 Å². The number of hydrogen-bond donors (Lipinski definition) is 0. The standard InChI is InChI=1S/C17H22O4/c1-3-16(21-12-14-11-20-14)15-8-6-5-7-13(15)9-10-17(18)19-4-2/h5-10,14,16H,3-4,11-12H2,1-2H3/t14-,16-/m1/s1. The molecule has 114 valence electrons. The molecular formula is C17H22O4. The van der Waals surface area contributed by atoms with Crippen LogP contribution in [-0.2, 0) is 19.0 Å². The first-order valence-electron chi connectivity index (χ1n) is 7.41. The minimum Gasteiger partial charge on any atom is -0.463 e. The number of esters is 1. The monoisotopic (exact) mass is 290 g/mol. The molecule has 0 saturated carbocycles. The zero-order chi connectivity index (χ0) is 15.1. The van der Waals surface area contributed by atoms with Crippen molar-refractivity contribution < 1.29 is 19.0 Å². The van der Waals surface area contributed by atoms with E-state index in [2.05, 4.69) is 6.92 Å². The quantitative estimate of drug-likeness (QED) is 0.419. The van der Waals surface area contributed by atoms with Crippen LogP contribution < -0.4 is 0 Å². The molecule has 21 heavy (non-hydrogen) atoms. The van der Waals surface area contributed by atoms with Gasteiger partial charge in [-0.2, -0.15) is 0 Å². The smallest absolute Gasteiger partial charge is 0.330 e. The lowest BCUT2D eigenvalue weighted by molar-refractivity contribution is -0.137. The van der Waals surface area contributed by atoms with E-state index >= 15 is 0 Å². The highest BCUT2D eigenvalue weighted by atomic mass is 16.6. The lowest BCUT2D eigenvalue weighted by Gasteiger charge is -2.18. The van der Waals surface area contributed by atoms with Gasteiger partial charge in [-0.3, -0.25) is 0 Å². The summed E-state index contributed by atoms with van der Waals surface area (Å²) in [5.41, 5.74) is 2.07. The topological polar surface area (TPSA) is 48.1 Å². The minimum atomic E-state index is -0.326. The fourth-order valence-corrected chi connectivity index (χ4v) is 2.12. The van der Waals surface area contributed by atoms with E-state index in [1.54, 1.807) is 13.0 Å². The van der Waals surface area contributed by atoms with Crippen LogP contribution in [0.3, 0.4) is 0 Å². The van der Waals surface area contributed by atoms with Crippen LogP contribution in [0.15, 0.2) is 30.3 Å². The van der Waals surface area contributed by atoms with Gasteiger partial charge in [0.15, 0.2) is 0 Å². The normalized spacial score (nSPS) is 18.7. The highest BCUT2D eigenvalue weighted by Crippen LogP contribution is 2.27. The summed E-state index contributed by atoms with van der Waals surface area (Å²) in [5.74, 6) is -0.326. The van der Waals surface area contributed by atoms with Crippen molar-refractivity contribution in [2.24, 2.45) is 0 Å². The van der Waals surface area contributed by atoms with Gasteiger partial charge < -0.3 is 14.2 Å². The summed E-state index contributed by atoms with van der Waals surface area (Å²) in [6, 6.07) is 7.94. The molecule has 1 fully saturated rings. The molecule has 1 heterocycles. The Morgan fingerprint density at radius 3 is 2.86 bits per heavy atom. The van der Waals surface area contributed by atoms with E-state index in [-0.39, 0.29) is 18.2 Å². The third-order valence-electron chi connectivity index (χ3n) is 3.28. The third-order valence-corrected chi connectivity index (χ3v) is 3.28. The molecule has 2 atom stereocenters. The van der Waals surface area contributed by atoms with Crippen molar-refractivity contribution in [3.63, 3.8) is 0 Å². The van der Waals surface area contributed by atoms with Gasteiger partial charge in [-0.1, -0.05) is 31.2 Å². The van der Waals surface area contributed by atoms with Crippen LogP contribution in [0.1, 0.15) is 37.5 Å². The average molecular weight is 290 g/mol. The average Bonchev–Trinajstić information content (AvgIpc) is 3.31. The van der Waals surface area contributed by atoms with Gasteiger partial charge in [-0.05, 0) is 30.5 Å². The van der Waals surface area contributed by atoms with Gasteiger partial charge >= 0.3 is 5.97 Å². The molecule has 1 aliphatic rings. The molecule has 0 unspecified atom stereocenters. The Morgan fingerprint density at radius 1 is 1.43 bits per heavy atom. The van der Waals surface area contributed by atoms with Crippen molar-refractivity contribution in [2.75, 3.05) is 19.8 Å². The second-order valence-electron chi connectivity index (χ2n) is 4.90. The summed E-state index contributed by atoms with van der Waals surface area (Å²) in [5, 5.41) is 0. The lowest BCUT2D eigenvalue weighted by Crippen LogP contribution is -2.09. The van der Waals surface area contributed by atoms with Crippen molar-refractivity contribution in [1.29, 1.82) is 0 Å². The Morgan fingerprint density at radius 2 is 2.19 bits per heavy atom. The SMILES string of the molecule is CCOC(=O)C=Cc1ccccc1[C@@H](CC)OC[C@H]1CO1. The molecule has 0 spiro atoms. The Labute approximate surface area is 125 Å². The van der Waals surface area contributed by atoms with Crippen LogP contribution in [0.2, 0.25) is 0 Å². The van der Waals surface area contributed by atoms with E-state index in [0.717, 1.165) is 24.2 Å². The van der Waals surface area contributed by atoms with Gasteiger partial charge in [-0.15, -0.1) is 0 Å². The van der Waals surface area contributed by atoms with Crippen LogP contribution in [0.25, 0.3) is 6.08 Å². The molecule has 0 bridgehead atoms. The van der Waals surface area contributed by atoms with Crippen LogP contribution in [0.4, 0.5) is 0 Å². The molecule has 0 amide bonds. The molecule has 4 heteroatoms. The van der Waals surface area contributed by atoms with Gasteiger partial charge in [-0.25, -0.2) is 4.79 Å². The molecule has 1 saturated heterocycles. The third kappa shape index (κ3) is 4.99. The van der Waals surface area contributed by atoms with Crippen molar-refractivity contribution in [3.05, 3.63) is 41.5 Å². The molecule has 2 rings (SSSR count). The first-order chi connectivity index (χ1) is 10.2. The molecule has 0 aromatic heterocycles. The van der Waals surface area contributed by atoms with Gasteiger partial charge in [0.1, 0.15) is 6.10 Å². The fourth-order valence-electron chi connectivity index (χ4n) is 2.12. The number of carbonyl (C=O) groups excluding carboxylic acids is 1. The number of rotatable bonds is 8. The number of epoxide rings is 1. The van der Waals surface area contributed by atoms with E-state index in [1.165, 1.54) is 6.08 Å². The summed E-state index contributed by atoms with van der Waals surface area (Å²) in [7, 11) is 0. The maximum absolute atomic E-state index is 11.4.